The van der Waals surface area contributed by atoms with Crippen LogP contribution in [-0.2, 0) is 17.6 Å². The van der Waals surface area contributed by atoms with Crippen LogP contribution in [0.3, 0.4) is 0 Å². The van der Waals surface area contributed by atoms with Crippen molar-refractivity contribution in [3.8, 4) is 22.6 Å². The van der Waals surface area contributed by atoms with Crippen molar-refractivity contribution >= 4 is 0 Å². The van der Waals surface area contributed by atoms with Crippen LogP contribution in [0.15, 0.2) is 36.4 Å². The molecule has 0 aromatic heterocycles. The molecule has 0 spiro atoms. The molecule has 0 aliphatic rings. The molecule has 136 valence electrons. The molecule has 4 N–H and O–H groups in total. The summed E-state index contributed by atoms with van der Waals surface area (Å²) in [6.45, 7) is 1.89. The van der Waals surface area contributed by atoms with Crippen LogP contribution in [0.4, 0.5) is 0 Å². The Morgan fingerprint density at radius 2 is 1.64 bits per heavy atom. The third-order valence-electron chi connectivity index (χ3n) is 4.25. The highest BCUT2D eigenvalue weighted by Crippen LogP contribution is 2.40. The van der Waals surface area contributed by atoms with Crippen LogP contribution in [0.1, 0.15) is 24.5 Å². The molecule has 0 aliphatic carbocycles. The summed E-state index contributed by atoms with van der Waals surface area (Å²) in [4.78, 5) is 0. The minimum Gasteiger partial charge on any atom is -0.508 e. The highest BCUT2D eigenvalue weighted by Gasteiger charge is 2.18. The zero-order valence-electron chi connectivity index (χ0n) is 14.5. The summed E-state index contributed by atoms with van der Waals surface area (Å²) in [7, 11) is 0. The fraction of sp³-hybridized carbons (Fsp3) is 0.400. The Morgan fingerprint density at radius 1 is 0.960 bits per heavy atom. The van der Waals surface area contributed by atoms with Crippen molar-refractivity contribution in [3.05, 3.63) is 47.5 Å². The first-order valence-electron chi connectivity index (χ1n) is 8.57. The Labute approximate surface area is 148 Å². The second kappa shape index (κ2) is 9.42. The molecule has 2 aromatic carbocycles. The zero-order chi connectivity index (χ0) is 18.2. The van der Waals surface area contributed by atoms with Crippen LogP contribution in [0.25, 0.3) is 11.1 Å². The average molecular weight is 346 g/mol. The van der Waals surface area contributed by atoms with E-state index in [1.54, 1.807) is 0 Å². The van der Waals surface area contributed by atoms with Crippen LogP contribution in [0, 0.1) is 0 Å². The molecule has 0 aliphatic heterocycles. The second-order valence-electron chi connectivity index (χ2n) is 5.93. The summed E-state index contributed by atoms with van der Waals surface area (Å²) in [6.07, 6.45) is 1.33. The summed E-state index contributed by atoms with van der Waals surface area (Å²) in [5.74, 6) is 0.152. The van der Waals surface area contributed by atoms with Crippen molar-refractivity contribution in [2.45, 2.75) is 32.3 Å². The number of hydrogen-bond acceptors (Lipinski definition) is 5. The lowest BCUT2D eigenvalue weighted by molar-refractivity contribution is -0.0202. The molecular weight excluding hydrogens is 320 g/mol. The number of phenolic OH excluding ortho intramolecular Hbond substituents is 2. The Bertz CT molecular complexity index is 666. The normalized spacial score (nSPS) is 11.2. The predicted molar refractivity (Wildman–Crippen MR) is 96.8 cm³/mol. The monoisotopic (exact) mass is 346 g/mol. The number of benzene rings is 2. The van der Waals surface area contributed by atoms with Gasteiger partial charge in [0.2, 0.25) is 0 Å². The molecule has 0 fully saturated rings. The maximum absolute atomic E-state index is 10.4. The molecule has 5 nitrogen and oxygen atoms in total. The summed E-state index contributed by atoms with van der Waals surface area (Å²) in [5.41, 5.74) is 3.35. The van der Waals surface area contributed by atoms with Gasteiger partial charge >= 0.3 is 0 Å². The quantitative estimate of drug-likeness (QED) is 0.524. The van der Waals surface area contributed by atoms with Gasteiger partial charge in [-0.1, -0.05) is 37.3 Å². The van der Waals surface area contributed by atoms with Crippen LogP contribution < -0.4 is 0 Å². The Morgan fingerprint density at radius 3 is 2.24 bits per heavy atom. The summed E-state index contributed by atoms with van der Waals surface area (Å²) < 4.78 is 5.42. The van der Waals surface area contributed by atoms with Gasteiger partial charge in [-0.15, -0.1) is 0 Å². The standard InChI is InChI=1S/C20H26O5/c1-2-16-17(9-6-10-25-15(12-21)13-22)20(19(24)11-18(16)23)14-7-4-3-5-8-14/h3-5,7-8,11,15,21-24H,2,6,9-10,12-13H2,1H3. The number of phenols is 2. The molecule has 0 saturated carbocycles. The number of aliphatic hydroxyl groups is 2. The van der Waals surface area contributed by atoms with E-state index in [0.717, 1.165) is 22.3 Å². The van der Waals surface area contributed by atoms with E-state index < -0.39 is 6.10 Å². The van der Waals surface area contributed by atoms with Gasteiger partial charge in [0, 0.05) is 18.2 Å². The van der Waals surface area contributed by atoms with Crippen LogP contribution in [0.5, 0.6) is 11.5 Å². The van der Waals surface area contributed by atoms with E-state index in [0.29, 0.717) is 25.9 Å². The third-order valence-corrected chi connectivity index (χ3v) is 4.25. The molecule has 25 heavy (non-hydrogen) atoms. The van der Waals surface area contributed by atoms with Gasteiger partial charge in [-0.3, -0.25) is 0 Å². The average Bonchev–Trinajstić information content (AvgIpc) is 2.62. The summed E-state index contributed by atoms with van der Waals surface area (Å²) in [5, 5.41) is 38.7. The van der Waals surface area contributed by atoms with Crippen LogP contribution in [-0.4, -0.2) is 46.4 Å². The fourth-order valence-electron chi connectivity index (χ4n) is 3.01. The molecule has 2 rings (SSSR count). The molecular formula is C20H26O5. The molecule has 5 heteroatoms. The van der Waals surface area contributed by atoms with Crippen LogP contribution >= 0.6 is 0 Å². The first kappa shape index (κ1) is 19.2. The van der Waals surface area contributed by atoms with Crippen molar-refractivity contribution in [2.75, 3.05) is 19.8 Å². The molecule has 0 bridgehead atoms. The van der Waals surface area contributed by atoms with Gasteiger partial charge in [0.15, 0.2) is 0 Å². The van der Waals surface area contributed by atoms with E-state index in [-0.39, 0.29) is 24.7 Å². The number of aromatic hydroxyl groups is 2. The third kappa shape index (κ3) is 4.72. The van der Waals surface area contributed by atoms with E-state index in [2.05, 4.69) is 0 Å². The molecule has 0 radical (unpaired) electrons. The van der Waals surface area contributed by atoms with Gasteiger partial charge in [-0.05, 0) is 36.0 Å². The topological polar surface area (TPSA) is 90.2 Å². The molecule has 0 heterocycles. The van der Waals surface area contributed by atoms with Crippen LogP contribution in [0.2, 0.25) is 0 Å². The maximum atomic E-state index is 10.4. The van der Waals surface area contributed by atoms with E-state index in [4.69, 9.17) is 14.9 Å². The summed E-state index contributed by atoms with van der Waals surface area (Å²) >= 11 is 0. The lowest BCUT2D eigenvalue weighted by Gasteiger charge is -2.18. The first-order chi connectivity index (χ1) is 12.1. The molecule has 0 amide bonds. The Hall–Kier alpha value is -2.08. The van der Waals surface area contributed by atoms with Crippen molar-refractivity contribution in [1.29, 1.82) is 0 Å². The number of aliphatic hydroxyl groups excluding tert-OH is 2. The first-order valence-corrected chi connectivity index (χ1v) is 8.57. The Kier molecular flexibility index (Phi) is 7.25. The van der Waals surface area contributed by atoms with Crippen molar-refractivity contribution in [3.63, 3.8) is 0 Å². The molecule has 2 aromatic rings. The largest absolute Gasteiger partial charge is 0.508 e. The summed E-state index contributed by atoms with van der Waals surface area (Å²) in [6, 6.07) is 11.0. The highest BCUT2D eigenvalue weighted by atomic mass is 16.5. The minimum absolute atomic E-state index is 0.0559. The fourth-order valence-corrected chi connectivity index (χ4v) is 3.01. The smallest absolute Gasteiger partial charge is 0.127 e. The number of ether oxygens (including phenoxy) is 1. The number of rotatable bonds is 9. The van der Waals surface area contributed by atoms with Crippen molar-refractivity contribution < 1.29 is 25.2 Å². The van der Waals surface area contributed by atoms with Gasteiger partial charge in [0.1, 0.15) is 17.6 Å². The SMILES string of the molecule is CCc1c(O)cc(O)c(-c2ccccc2)c1CCCOC(CO)CO. The van der Waals surface area contributed by atoms with E-state index in [1.807, 2.05) is 37.3 Å². The van der Waals surface area contributed by atoms with E-state index in [9.17, 15) is 10.2 Å². The van der Waals surface area contributed by atoms with E-state index in [1.165, 1.54) is 6.07 Å². The molecule has 0 unspecified atom stereocenters. The predicted octanol–water partition coefficient (Wildman–Crippen LogP) is 2.63. The van der Waals surface area contributed by atoms with Gasteiger partial charge in [-0.25, -0.2) is 0 Å². The van der Waals surface area contributed by atoms with Crippen molar-refractivity contribution in [1.82, 2.24) is 0 Å². The zero-order valence-corrected chi connectivity index (χ0v) is 14.5. The lowest BCUT2D eigenvalue weighted by atomic mass is 9.90. The molecule has 0 atom stereocenters. The lowest BCUT2D eigenvalue weighted by Crippen LogP contribution is -2.22. The van der Waals surface area contributed by atoms with E-state index >= 15 is 0 Å². The van der Waals surface area contributed by atoms with Crippen molar-refractivity contribution in [2.24, 2.45) is 0 Å². The minimum atomic E-state index is -0.572. The van der Waals surface area contributed by atoms with Gasteiger partial charge in [0.25, 0.3) is 0 Å². The Balaban J connectivity index is 2.28. The van der Waals surface area contributed by atoms with Gasteiger partial charge < -0.3 is 25.2 Å². The maximum Gasteiger partial charge on any atom is 0.127 e. The number of hydrogen-bond donors (Lipinski definition) is 4. The van der Waals surface area contributed by atoms with Gasteiger partial charge in [0.05, 0.1) is 13.2 Å². The molecule has 0 saturated heterocycles. The second-order valence-corrected chi connectivity index (χ2v) is 5.93. The highest BCUT2D eigenvalue weighted by molar-refractivity contribution is 5.76. The van der Waals surface area contributed by atoms with Gasteiger partial charge in [-0.2, -0.15) is 0 Å².